The van der Waals surface area contributed by atoms with Gasteiger partial charge in [0.25, 0.3) is 11.8 Å². The molecule has 2 N–H and O–H groups in total. The van der Waals surface area contributed by atoms with E-state index >= 15 is 0 Å². The number of ether oxygens (including phenoxy) is 2. The molecule has 1 aliphatic rings. The predicted octanol–water partition coefficient (Wildman–Crippen LogP) is 1.49. The fourth-order valence-electron chi connectivity index (χ4n) is 2.15. The summed E-state index contributed by atoms with van der Waals surface area (Å²) in [5.41, 5.74) is 1.97. The van der Waals surface area contributed by atoms with E-state index in [4.69, 9.17) is 9.47 Å². The second-order valence-electron chi connectivity index (χ2n) is 5.58. The smallest absolute Gasteiger partial charge is 0.255 e. The van der Waals surface area contributed by atoms with Gasteiger partial charge in [0.15, 0.2) is 6.10 Å². The van der Waals surface area contributed by atoms with Crippen LogP contribution < -0.4 is 10.6 Å². The standard InChI is InChI=1S/C16H22N2O4/c1-10(2)17-15(19)13-8-12(5-4-11(13)3)18-16(20)14-9-21-6-7-22-14/h4-5,8,10,14H,6-7,9H2,1-3H3,(H,17,19)(H,18,20). The van der Waals surface area contributed by atoms with Crippen molar-refractivity contribution in [3.63, 3.8) is 0 Å². The monoisotopic (exact) mass is 306 g/mol. The minimum atomic E-state index is -0.608. The molecule has 0 bridgehead atoms. The molecular formula is C16H22N2O4. The number of amides is 2. The molecule has 22 heavy (non-hydrogen) atoms. The highest BCUT2D eigenvalue weighted by Crippen LogP contribution is 2.16. The van der Waals surface area contributed by atoms with Crippen LogP contribution in [0.25, 0.3) is 0 Å². The molecule has 2 rings (SSSR count). The highest BCUT2D eigenvalue weighted by molar-refractivity contribution is 5.99. The molecule has 0 spiro atoms. The van der Waals surface area contributed by atoms with Crippen LogP contribution in [0.4, 0.5) is 5.69 Å². The van der Waals surface area contributed by atoms with Crippen LogP contribution >= 0.6 is 0 Å². The molecule has 6 nitrogen and oxygen atoms in total. The van der Waals surface area contributed by atoms with Crippen LogP contribution in [0.15, 0.2) is 18.2 Å². The van der Waals surface area contributed by atoms with Crippen LogP contribution in [0.2, 0.25) is 0 Å². The summed E-state index contributed by atoms with van der Waals surface area (Å²) in [5, 5.41) is 5.61. The molecular weight excluding hydrogens is 284 g/mol. The summed E-state index contributed by atoms with van der Waals surface area (Å²) in [7, 11) is 0. The first-order valence-corrected chi connectivity index (χ1v) is 7.39. The number of hydrogen-bond acceptors (Lipinski definition) is 4. The van der Waals surface area contributed by atoms with Crippen molar-refractivity contribution in [3.8, 4) is 0 Å². The molecule has 120 valence electrons. The Kier molecular flexibility index (Phi) is 5.51. The average molecular weight is 306 g/mol. The van der Waals surface area contributed by atoms with Crippen LogP contribution in [0, 0.1) is 6.92 Å². The van der Waals surface area contributed by atoms with Crippen LogP contribution in [0.3, 0.4) is 0 Å². The van der Waals surface area contributed by atoms with Crippen molar-refractivity contribution < 1.29 is 19.1 Å². The lowest BCUT2D eigenvalue weighted by Gasteiger charge is -2.22. The Hall–Kier alpha value is -1.92. The normalized spacial score (nSPS) is 18.1. The third-order valence-electron chi connectivity index (χ3n) is 3.28. The SMILES string of the molecule is Cc1ccc(NC(=O)C2COCCO2)cc1C(=O)NC(C)C. The molecule has 1 unspecified atom stereocenters. The minimum absolute atomic E-state index is 0.0536. The van der Waals surface area contributed by atoms with Crippen molar-refractivity contribution in [3.05, 3.63) is 29.3 Å². The fourth-order valence-corrected chi connectivity index (χ4v) is 2.15. The lowest BCUT2D eigenvalue weighted by atomic mass is 10.1. The van der Waals surface area contributed by atoms with E-state index < -0.39 is 6.10 Å². The van der Waals surface area contributed by atoms with E-state index in [1.54, 1.807) is 12.1 Å². The molecule has 1 aliphatic heterocycles. The molecule has 0 saturated carbocycles. The maximum absolute atomic E-state index is 12.1. The molecule has 1 aromatic rings. The quantitative estimate of drug-likeness (QED) is 0.883. The van der Waals surface area contributed by atoms with Crippen molar-refractivity contribution in [2.24, 2.45) is 0 Å². The predicted molar refractivity (Wildman–Crippen MR) is 83.0 cm³/mol. The largest absolute Gasteiger partial charge is 0.376 e. The Balaban J connectivity index is 2.08. The Morgan fingerprint density at radius 1 is 1.27 bits per heavy atom. The summed E-state index contributed by atoms with van der Waals surface area (Å²) in [6.07, 6.45) is -0.608. The van der Waals surface area contributed by atoms with Crippen LogP contribution in [0.5, 0.6) is 0 Å². The summed E-state index contributed by atoms with van der Waals surface area (Å²) < 4.78 is 10.6. The summed E-state index contributed by atoms with van der Waals surface area (Å²) in [6, 6.07) is 5.30. The van der Waals surface area contributed by atoms with Gasteiger partial charge in [-0.2, -0.15) is 0 Å². The van der Waals surface area contributed by atoms with E-state index in [1.165, 1.54) is 0 Å². The van der Waals surface area contributed by atoms with Gasteiger partial charge in [-0.3, -0.25) is 9.59 Å². The van der Waals surface area contributed by atoms with E-state index in [0.29, 0.717) is 24.5 Å². The Morgan fingerprint density at radius 3 is 2.68 bits per heavy atom. The van der Waals surface area contributed by atoms with E-state index in [-0.39, 0.29) is 24.5 Å². The maximum atomic E-state index is 12.1. The number of benzene rings is 1. The first-order valence-electron chi connectivity index (χ1n) is 7.39. The van der Waals surface area contributed by atoms with Crippen molar-refractivity contribution >= 4 is 17.5 Å². The van der Waals surface area contributed by atoms with Gasteiger partial charge in [0.05, 0.1) is 19.8 Å². The molecule has 2 amide bonds. The number of anilines is 1. The Labute approximate surface area is 130 Å². The van der Waals surface area contributed by atoms with Crippen LogP contribution in [0.1, 0.15) is 29.8 Å². The molecule has 1 atom stereocenters. The number of hydrogen-bond donors (Lipinski definition) is 2. The summed E-state index contributed by atoms with van der Waals surface area (Å²) >= 11 is 0. The number of rotatable bonds is 4. The van der Waals surface area contributed by atoms with Crippen molar-refractivity contribution in [1.82, 2.24) is 5.32 Å². The lowest BCUT2D eigenvalue weighted by Crippen LogP contribution is -2.39. The Bertz CT molecular complexity index is 551. The fraction of sp³-hybridized carbons (Fsp3) is 0.500. The van der Waals surface area contributed by atoms with Gasteiger partial charge in [-0.05, 0) is 38.5 Å². The molecule has 0 aromatic heterocycles. The first kappa shape index (κ1) is 16.5. The van der Waals surface area contributed by atoms with Gasteiger partial charge in [0, 0.05) is 17.3 Å². The van der Waals surface area contributed by atoms with Gasteiger partial charge < -0.3 is 20.1 Å². The molecule has 1 saturated heterocycles. The zero-order valence-corrected chi connectivity index (χ0v) is 13.1. The van der Waals surface area contributed by atoms with Gasteiger partial charge in [-0.1, -0.05) is 6.07 Å². The maximum Gasteiger partial charge on any atom is 0.255 e. The molecule has 0 aliphatic carbocycles. The number of aryl methyl sites for hydroxylation is 1. The van der Waals surface area contributed by atoms with E-state index in [9.17, 15) is 9.59 Å². The van der Waals surface area contributed by atoms with Crippen molar-refractivity contribution in [1.29, 1.82) is 0 Å². The van der Waals surface area contributed by atoms with Gasteiger partial charge in [-0.15, -0.1) is 0 Å². The van der Waals surface area contributed by atoms with E-state index in [1.807, 2.05) is 26.8 Å². The average Bonchev–Trinajstić information content (AvgIpc) is 2.49. The minimum Gasteiger partial charge on any atom is -0.376 e. The molecule has 6 heteroatoms. The highest BCUT2D eigenvalue weighted by Gasteiger charge is 2.23. The third-order valence-corrected chi connectivity index (χ3v) is 3.28. The van der Waals surface area contributed by atoms with Crippen LogP contribution in [-0.4, -0.2) is 43.8 Å². The lowest BCUT2D eigenvalue weighted by molar-refractivity contribution is -0.142. The number of nitrogens with one attached hydrogen (secondary N) is 2. The molecule has 1 heterocycles. The first-order chi connectivity index (χ1) is 10.5. The number of carbonyl (C=O) groups excluding carboxylic acids is 2. The zero-order chi connectivity index (χ0) is 16.1. The second kappa shape index (κ2) is 7.38. The van der Waals surface area contributed by atoms with Crippen molar-refractivity contribution in [2.45, 2.75) is 32.9 Å². The molecule has 1 fully saturated rings. The third kappa shape index (κ3) is 4.29. The number of carbonyl (C=O) groups is 2. The van der Waals surface area contributed by atoms with Gasteiger partial charge in [-0.25, -0.2) is 0 Å². The Morgan fingerprint density at radius 2 is 2.05 bits per heavy atom. The summed E-state index contributed by atoms with van der Waals surface area (Å²) in [5.74, 6) is -0.417. The summed E-state index contributed by atoms with van der Waals surface area (Å²) in [4.78, 5) is 24.2. The summed E-state index contributed by atoms with van der Waals surface area (Å²) in [6.45, 7) is 6.83. The van der Waals surface area contributed by atoms with Gasteiger partial charge in [0.2, 0.25) is 0 Å². The van der Waals surface area contributed by atoms with Gasteiger partial charge >= 0.3 is 0 Å². The van der Waals surface area contributed by atoms with E-state index in [2.05, 4.69) is 10.6 Å². The van der Waals surface area contributed by atoms with E-state index in [0.717, 1.165) is 5.56 Å². The van der Waals surface area contributed by atoms with Crippen molar-refractivity contribution in [2.75, 3.05) is 25.1 Å². The topological polar surface area (TPSA) is 76.7 Å². The van der Waals surface area contributed by atoms with Gasteiger partial charge in [0.1, 0.15) is 0 Å². The second-order valence-corrected chi connectivity index (χ2v) is 5.58. The zero-order valence-electron chi connectivity index (χ0n) is 13.1. The highest BCUT2D eigenvalue weighted by atomic mass is 16.6. The molecule has 1 aromatic carbocycles. The van der Waals surface area contributed by atoms with Crippen LogP contribution in [-0.2, 0) is 14.3 Å². The molecule has 0 radical (unpaired) electrons.